The Balaban J connectivity index is 5.17. The van der Waals surface area contributed by atoms with Crippen LogP contribution in [0.25, 0.3) is 0 Å². The van der Waals surface area contributed by atoms with Gasteiger partial charge in [-0.1, -0.05) is 278 Å². The van der Waals surface area contributed by atoms with E-state index in [-0.39, 0.29) is 35.7 Å². The smallest absolute Gasteiger partial charge is 0.305 e. The zero-order chi connectivity index (χ0) is 53.2. The van der Waals surface area contributed by atoms with Crippen LogP contribution >= 0.6 is 0 Å². The molecule has 1 atom stereocenters. The maximum atomic E-state index is 12.9. The van der Waals surface area contributed by atoms with Gasteiger partial charge in [-0.2, -0.15) is 0 Å². The molecule has 0 N–H and O–H groups in total. The van der Waals surface area contributed by atoms with E-state index in [1.807, 2.05) is 0 Å². The minimum absolute atomic E-state index is 0.0452. The Morgan fingerprint density at radius 2 is 0.466 bits per heavy atom. The van der Waals surface area contributed by atoms with Gasteiger partial charge in [0, 0.05) is 25.7 Å². The second-order valence-electron chi connectivity index (χ2n) is 22.5. The summed E-state index contributed by atoms with van der Waals surface area (Å²) in [4.78, 5) is 51.7. The minimum atomic E-state index is -0.168. The van der Waals surface area contributed by atoms with Gasteiger partial charge in [0.05, 0.1) is 26.4 Å². The van der Waals surface area contributed by atoms with E-state index in [1.54, 1.807) is 0 Å². The van der Waals surface area contributed by atoms with E-state index in [0.717, 1.165) is 70.6 Å². The minimum Gasteiger partial charge on any atom is -0.466 e. The highest BCUT2D eigenvalue weighted by molar-refractivity contribution is 5.70. The van der Waals surface area contributed by atoms with Crippen LogP contribution in [0.4, 0.5) is 0 Å². The number of carbonyl (C=O) groups excluding carboxylic acids is 4. The first kappa shape index (κ1) is 70.9. The first-order valence-corrected chi connectivity index (χ1v) is 32.5. The van der Waals surface area contributed by atoms with Crippen molar-refractivity contribution in [1.29, 1.82) is 0 Å². The predicted molar refractivity (Wildman–Crippen MR) is 309 cm³/mol. The topological polar surface area (TPSA) is 105 Å². The van der Waals surface area contributed by atoms with Crippen molar-refractivity contribution in [2.45, 2.75) is 355 Å². The number of rotatable bonds is 60. The number of esters is 4. The van der Waals surface area contributed by atoms with Gasteiger partial charge < -0.3 is 18.9 Å². The highest BCUT2D eigenvalue weighted by Crippen LogP contribution is 2.26. The van der Waals surface area contributed by atoms with Gasteiger partial charge in [-0.25, -0.2) is 0 Å². The normalized spacial score (nSPS) is 11.8. The SMILES string of the molecule is CCCCCCCCCCCCCC(=O)OCC(CCCC(CCC(=O)OCCCCCCCCCCCC)CCC(=O)OCCCCCCCCCCCC)CCC(=O)OCCCCCCCCCCCC. The summed E-state index contributed by atoms with van der Waals surface area (Å²) in [7, 11) is 0. The lowest BCUT2D eigenvalue weighted by atomic mass is 9.89. The van der Waals surface area contributed by atoms with Gasteiger partial charge in [0.25, 0.3) is 0 Å². The maximum absolute atomic E-state index is 12.9. The summed E-state index contributed by atoms with van der Waals surface area (Å²) in [5.41, 5.74) is 0. The van der Waals surface area contributed by atoms with E-state index in [0.29, 0.717) is 71.4 Å². The molecule has 0 bridgehead atoms. The molecule has 73 heavy (non-hydrogen) atoms. The fourth-order valence-corrected chi connectivity index (χ4v) is 10.2. The Labute approximate surface area is 453 Å². The van der Waals surface area contributed by atoms with Gasteiger partial charge in [-0.05, 0) is 63.2 Å². The zero-order valence-electron chi connectivity index (χ0n) is 49.3. The van der Waals surface area contributed by atoms with Crippen molar-refractivity contribution in [2.75, 3.05) is 26.4 Å². The molecular weight excluding hydrogens is 909 g/mol. The van der Waals surface area contributed by atoms with Crippen LogP contribution in [-0.4, -0.2) is 50.3 Å². The lowest BCUT2D eigenvalue weighted by molar-refractivity contribution is -0.146. The van der Waals surface area contributed by atoms with E-state index >= 15 is 0 Å². The number of carbonyl (C=O) groups is 4. The molecule has 0 aliphatic carbocycles. The maximum Gasteiger partial charge on any atom is 0.305 e. The summed E-state index contributed by atoms with van der Waals surface area (Å²) in [5, 5.41) is 0. The van der Waals surface area contributed by atoms with E-state index in [2.05, 4.69) is 27.7 Å². The molecule has 0 aromatic carbocycles. The lowest BCUT2D eigenvalue weighted by Gasteiger charge is -2.20. The van der Waals surface area contributed by atoms with Crippen molar-refractivity contribution in [2.24, 2.45) is 11.8 Å². The van der Waals surface area contributed by atoms with Gasteiger partial charge >= 0.3 is 23.9 Å². The fourth-order valence-electron chi connectivity index (χ4n) is 10.2. The Bertz CT molecular complexity index is 1000. The Morgan fingerprint density at radius 3 is 0.767 bits per heavy atom. The molecule has 0 saturated carbocycles. The van der Waals surface area contributed by atoms with Crippen LogP contribution in [0.5, 0.6) is 0 Å². The Kier molecular flexibility index (Phi) is 57.4. The summed E-state index contributed by atoms with van der Waals surface area (Å²) in [6, 6.07) is 0. The van der Waals surface area contributed by atoms with Crippen molar-refractivity contribution in [3.8, 4) is 0 Å². The molecule has 0 heterocycles. The average Bonchev–Trinajstić information content (AvgIpc) is 3.39. The van der Waals surface area contributed by atoms with Crippen LogP contribution in [0.2, 0.25) is 0 Å². The third kappa shape index (κ3) is 55.9. The van der Waals surface area contributed by atoms with Crippen molar-refractivity contribution in [1.82, 2.24) is 0 Å². The van der Waals surface area contributed by atoms with Crippen LogP contribution in [0.3, 0.4) is 0 Å². The Morgan fingerprint density at radius 1 is 0.233 bits per heavy atom. The number of hydrogen-bond donors (Lipinski definition) is 0. The second-order valence-corrected chi connectivity index (χ2v) is 22.5. The van der Waals surface area contributed by atoms with Crippen molar-refractivity contribution >= 4 is 23.9 Å². The van der Waals surface area contributed by atoms with Crippen LogP contribution < -0.4 is 0 Å². The molecule has 8 heteroatoms. The summed E-state index contributed by atoms with van der Waals surface area (Å²) in [5.74, 6) is -0.394. The molecule has 0 aliphatic rings. The summed E-state index contributed by atoms with van der Waals surface area (Å²) < 4.78 is 22.9. The molecule has 0 amide bonds. The fraction of sp³-hybridized carbons (Fsp3) is 0.938. The van der Waals surface area contributed by atoms with Gasteiger partial charge in [-0.15, -0.1) is 0 Å². The summed E-state index contributed by atoms with van der Waals surface area (Å²) in [6.07, 6.45) is 56.8. The van der Waals surface area contributed by atoms with Gasteiger partial charge in [0.15, 0.2) is 0 Å². The largest absolute Gasteiger partial charge is 0.466 e. The van der Waals surface area contributed by atoms with Gasteiger partial charge in [-0.3, -0.25) is 19.2 Å². The van der Waals surface area contributed by atoms with E-state index < -0.39 is 0 Å². The molecule has 0 radical (unpaired) electrons. The van der Waals surface area contributed by atoms with Crippen molar-refractivity contribution < 1.29 is 38.1 Å². The van der Waals surface area contributed by atoms with E-state index in [1.165, 1.54) is 212 Å². The molecule has 0 rings (SSSR count). The first-order valence-electron chi connectivity index (χ1n) is 32.5. The molecular formula is C65H124O8. The zero-order valence-corrected chi connectivity index (χ0v) is 49.3. The molecule has 432 valence electrons. The highest BCUT2D eigenvalue weighted by atomic mass is 16.5. The standard InChI is InChI=1S/C65H124O8/c1-5-9-13-17-21-25-29-30-34-38-42-49-62(66)73-59-61(52-55-65(69)72-58-45-41-37-33-28-24-20-16-12-8-4)48-46-47-60(50-53-63(67)70-56-43-39-35-31-26-22-18-14-10-6-2)51-54-64(68)71-57-44-40-36-32-27-23-19-15-11-7-3/h60-61H,5-59H2,1-4H3. The lowest BCUT2D eigenvalue weighted by Crippen LogP contribution is -2.17. The Hall–Kier alpha value is -2.12. The van der Waals surface area contributed by atoms with Crippen LogP contribution in [0.15, 0.2) is 0 Å². The summed E-state index contributed by atoms with van der Waals surface area (Å²) in [6.45, 7) is 10.8. The predicted octanol–water partition coefficient (Wildman–Crippen LogP) is 20.4. The van der Waals surface area contributed by atoms with Gasteiger partial charge in [0.2, 0.25) is 0 Å². The number of ether oxygens (including phenoxy) is 4. The molecule has 8 nitrogen and oxygen atoms in total. The number of unbranched alkanes of at least 4 members (excludes halogenated alkanes) is 37. The first-order chi connectivity index (χ1) is 35.9. The van der Waals surface area contributed by atoms with Crippen LogP contribution in [-0.2, 0) is 38.1 Å². The quantitative estimate of drug-likeness (QED) is 0.0337. The molecule has 0 aliphatic heterocycles. The summed E-state index contributed by atoms with van der Waals surface area (Å²) >= 11 is 0. The molecule has 0 spiro atoms. The highest BCUT2D eigenvalue weighted by Gasteiger charge is 2.19. The molecule has 0 saturated heterocycles. The average molecular weight is 1030 g/mol. The van der Waals surface area contributed by atoms with Crippen LogP contribution in [0.1, 0.15) is 355 Å². The monoisotopic (exact) mass is 1030 g/mol. The third-order valence-electron chi connectivity index (χ3n) is 15.2. The van der Waals surface area contributed by atoms with Crippen LogP contribution in [0, 0.1) is 11.8 Å². The van der Waals surface area contributed by atoms with E-state index in [4.69, 9.17) is 18.9 Å². The third-order valence-corrected chi connectivity index (χ3v) is 15.2. The van der Waals surface area contributed by atoms with Crippen molar-refractivity contribution in [3.63, 3.8) is 0 Å². The van der Waals surface area contributed by atoms with Crippen molar-refractivity contribution in [3.05, 3.63) is 0 Å². The van der Waals surface area contributed by atoms with Gasteiger partial charge in [0.1, 0.15) is 0 Å². The molecule has 1 unspecified atom stereocenters. The molecule has 0 aromatic rings. The molecule has 0 aromatic heterocycles. The molecule has 0 fully saturated rings. The van der Waals surface area contributed by atoms with E-state index in [9.17, 15) is 19.2 Å². The number of hydrogen-bond acceptors (Lipinski definition) is 8. The second kappa shape index (κ2) is 59.1.